The van der Waals surface area contributed by atoms with Crippen LogP contribution in [0.15, 0.2) is 67.3 Å². The van der Waals surface area contributed by atoms with Crippen molar-refractivity contribution in [2.24, 2.45) is 0 Å². The molecule has 1 aromatic heterocycles. The van der Waals surface area contributed by atoms with Gasteiger partial charge in [-0.1, -0.05) is 42.5 Å². The maximum atomic E-state index is 13.5. The van der Waals surface area contributed by atoms with Gasteiger partial charge in [-0.15, -0.1) is 0 Å². The molecule has 0 N–H and O–H groups in total. The lowest BCUT2D eigenvalue weighted by atomic mass is 10.0. The van der Waals surface area contributed by atoms with E-state index in [1.54, 1.807) is 11.0 Å². The molecule has 156 valence electrons. The lowest BCUT2D eigenvalue weighted by Crippen LogP contribution is -2.47. The average Bonchev–Trinajstić information content (AvgIpc) is 3.29. The summed E-state index contributed by atoms with van der Waals surface area (Å²) in [5, 5.41) is 4.14. The van der Waals surface area contributed by atoms with Crippen molar-refractivity contribution >= 4 is 5.91 Å². The van der Waals surface area contributed by atoms with Crippen LogP contribution in [0.1, 0.15) is 34.3 Å². The molecule has 1 saturated heterocycles. The first-order valence-electron chi connectivity index (χ1n) is 10.6. The molecule has 3 aromatic rings. The first-order chi connectivity index (χ1) is 14.7. The molecule has 0 radical (unpaired) electrons. The van der Waals surface area contributed by atoms with Gasteiger partial charge in [-0.25, -0.2) is 9.67 Å². The lowest BCUT2D eigenvalue weighted by Gasteiger charge is -2.37. The molecule has 0 unspecified atom stereocenters. The second-order valence-corrected chi connectivity index (χ2v) is 8.06. The van der Waals surface area contributed by atoms with Crippen molar-refractivity contribution in [3.63, 3.8) is 0 Å². The predicted octanol–water partition coefficient (Wildman–Crippen LogP) is 3.11. The standard InChI is InChI=1S/C24H29N5O/c1-27-14-12-23(13-15-27)29(16-11-20-5-3-2-4-6-20)24(30)22-9-7-21(8-10-22)17-28-19-25-18-26-28/h2-10,18-19,23H,11-17H2,1H3. The number of amides is 1. The molecule has 2 heterocycles. The minimum atomic E-state index is 0.132. The average molecular weight is 404 g/mol. The van der Waals surface area contributed by atoms with Gasteiger partial charge in [-0.2, -0.15) is 5.10 Å². The smallest absolute Gasteiger partial charge is 0.254 e. The Balaban J connectivity index is 1.47. The van der Waals surface area contributed by atoms with Crippen molar-refractivity contribution in [3.8, 4) is 0 Å². The van der Waals surface area contributed by atoms with Crippen molar-refractivity contribution in [3.05, 3.63) is 83.9 Å². The Labute approximate surface area is 178 Å². The van der Waals surface area contributed by atoms with Gasteiger partial charge in [0.05, 0.1) is 6.54 Å². The molecular weight excluding hydrogens is 374 g/mol. The highest BCUT2D eigenvalue weighted by molar-refractivity contribution is 5.94. The molecule has 1 fully saturated rings. The number of aromatic nitrogens is 3. The van der Waals surface area contributed by atoms with Gasteiger partial charge >= 0.3 is 0 Å². The Morgan fingerprint density at radius 1 is 1.03 bits per heavy atom. The molecule has 0 spiro atoms. The summed E-state index contributed by atoms with van der Waals surface area (Å²) in [5.41, 5.74) is 3.13. The summed E-state index contributed by atoms with van der Waals surface area (Å²) in [6, 6.07) is 18.6. The zero-order valence-corrected chi connectivity index (χ0v) is 17.5. The summed E-state index contributed by atoms with van der Waals surface area (Å²) < 4.78 is 1.78. The SMILES string of the molecule is CN1CCC(N(CCc2ccccc2)C(=O)c2ccc(Cn3cncn3)cc2)CC1. The molecule has 1 aliphatic rings. The fraction of sp³-hybridized carbons (Fsp3) is 0.375. The number of nitrogens with zero attached hydrogens (tertiary/aromatic N) is 5. The number of likely N-dealkylation sites (tertiary alicyclic amines) is 1. The van der Waals surface area contributed by atoms with Crippen LogP contribution in [-0.4, -0.2) is 63.2 Å². The van der Waals surface area contributed by atoms with Crippen LogP contribution in [0.4, 0.5) is 0 Å². The largest absolute Gasteiger partial charge is 0.335 e. The number of carbonyl (C=O) groups is 1. The zero-order chi connectivity index (χ0) is 20.8. The molecule has 6 heteroatoms. The molecule has 6 nitrogen and oxygen atoms in total. The van der Waals surface area contributed by atoms with E-state index in [0.717, 1.165) is 50.0 Å². The van der Waals surface area contributed by atoms with Crippen molar-refractivity contribution in [1.82, 2.24) is 24.6 Å². The summed E-state index contributed by atoms with van der Waals surface area (Å²) in [6.45, 7) is 3.48. The number of rotatable bonds is 7. The number of carbonyl (C=O) groups excluding carboxylic acids is 1. The first-order valence-corrected chi connectivity index (χ1v) is 10.6. The highest BCUT2D eigenvalue weighted by Gasteiger charge is 2.27. The van der Waals surface area contributed by atoms with Crippen molar-refractivity contribution < 1.29 is 4.79 Å². The first kappa shape index (κ1) is 20.3. The Morgan fingerprint density at radius 2 is 1.77 bits per heavy atom. The normalized spacial score (nSPS) is 15.2. The van der Waals surface area contributed by atoms with E-state index in [4.69, 9.17) is 0 Å². The summed E-state index contributed by atoms with van der Waals surface area (Å²) in [6.07, 6.45) is 6.17. The third kappa shape index (κ3) is 5.13. The highest BCUT2D eigenvalue weighted by Crippen LogP contribution is 2.20. The predicted molar refractivity (Wildman–Crippen MR) is 117 cm³/mol. The van der Waals surface area contributed by atoms with Crippen LogP contribution in [-0.2, 0) is 13.0 Å². The Hall–Kier alpha value is -2.99. The van der Waals surface area contributed by atoms with Crippen LogP contribution in [0, 0.1) is 0 Å². The van der Waals surface area contributed by atoms with Gasteiger partial charge in [0.2, 0.25) is 0 Å². The van der Waals surface area contributed by atoms with E-state index < -0.39 is 0 Å². The second-order valence-electron chi connectivity index (χ2n) is 8.06. The lowest BCUT2D eigenvalue weighted by molar-refractivity contribution is 0.0594. The van der Waals surface area contributed by atoms with Gasteiger partial charge in [0, 0.05) is 18.2 Å². The van der Waals surface area contributed by atoms with Crippen molar-refractivity contribution in [1.29, 1.82) is 0 Å². The molecule has 0 bridgehead atoms. The summed E-state index contributed by atoms with van der Waals surface area (Å²) in [5.74, 6) is 0.132. The van der Waals surface area contributed by atoms with Gasteiger partial charge in [0.25, 0.3) is 5.91 Å². The van der Waals surface area contributed by atoms with E-state index >= 15 is 0 Å². The quantitative estimate of drug-likeness (QED) is 0.608. The number of benzene rings is 2. The molecule has 1 aliphatic heterocycles. The maximum Gasteiger partial charge on any atom is 0.254 e. The third-order valence-electron chi connectivity index (χ3n) is 5.89. The molecule has 2 aromatic carbocycles. The zero-order valence-electron chi connectivity index (χ0n) is 17.5. The fourth-order valence-corrected chi connectivity index (χ4v) is 4.07. The third-order valence-corrected chi connectivity index (χ3v) is 5.89. The molecule has 0 aliphatic carbocycles. The van der Waals surface area contributed by atoms with Crippen LogP contribution in [0.2, 0.25) is 0 Å². The van der Waals surface area contributed by atoms with E-state index in [0.29, 0.717) is 12.6 Å². The van der Waals surface area contributed by atoms with E-state index in [9.17, 15) is 4.79 Å². The second kappa shape index (κ2) is 9.67. The van der Waals surface area contributed by atoms with Crippen LogP contribution >= 0.6 is 0 Å². The minimum Gasteiger partial charge on any atom is -0.335 e. The van der Waals surface area contributed by atoms with E-state index in [2.05, 4.69) is 51.2 Å². The Morgan fingerprint density at radius 3 is 2.43 bits per heavy atom. The summed E-state index contributed by atoms with van der Waals surface area (Å²) in [4.78, 5) is 21.9. The molecule has 30 heavy (non-hydrogen) atoms. The topological polar surface area (TPSA) is 54.3 Å². The molecule has 4 rings (SSSR count). The number of hydrogen-bond acceptors (Lipinski definition) is 4. The van der Waals surface area contributed by atoms with Gasteiger partial charge in [0.15, 0.2) is 0 Å². The van der Waals surface area contributed by atoms with E-state index in [1.807, 2.05) is 30.3 Å². The van der Waals surface area contributed by atoms with Crippen LogP contribution in [0.5, 0.6) is 0 Å². The summed E-state index contributed by atoms with van der Waals surface area (Å²) in [7, 11) is 2.15. The number of piperidine rings is 1. The monoisotopic (exact) mass is 403 g/mol. The van der Waals surface area contributed by atoms with Crippen molar-refractivity contribution in [2.75, 3.05) is 26.7 Å². The van der Waals surface area contributed by atoms with E-state index in [1.165, 1.54) is 11.9 Å². The molecule has 1 amide bonds. The Bertz CT molecular complexity index is 916. The van der Waals surface area contributed by atoms with E-state index in [-0.39, 0.29) is 5.91 Å². The van der Waals surface area contributed by atoms with Gasteiger partial charge in [0.1, 0.15) is 12.7 Å². The highest BCUT2D eigenvalue weighted by atomic mass is 16.2. The van der Waals surface area contributed by atoms with Crippen LogP contribution < -0.4 is 0 Å². The van der Waals surface area contributed by atoms with Crippen LogP contribution in [0.25, 0.3) is 0 Å². The molecular formula is C24H29N5O. The van der Waals surface area contributed by atoms with Crippen LogP contribution in [0.3, 0.4) is 0 Å². The van der Waals surface area contributed by atoms with Gasteiger partial charge < -0.3 is 9.80 Å². The molecule has 0 saturated carbocycles. The minimum absolute atomic E-state index is 0.132. The van der Waals surface area contributed by atoms with Crippen molar-refractivity contribution in [2.45, 2.75) is 31.8 Å². The van der Waals surface area contributed by atoms with Gasteiger partial charge in [-0.05, 0) is 62.7 Å². The van der Waals surface area contributed by atoms with Gasteiger partial charge in [-0.3, -0.25) is 4.79 Å². The number of hydrogen-bond donors (Lipinski definition) is 0. The Kier molecular flexibility index (Phi) is 6.54. The molecule has 0 atom stereocenters. The fourth-order valence-electron chi connectivity index (χ4n) is 4.07. The maximum absolute atomic E-state index is 13.5. The summed E-state index contributed by atoms with van der Waals surface area (Å²) >= 11 is 0.